The molecule has 14 nitrogen and oxygen atoms in total. The number of aliphatic hydroxyl groups is 1. The molecule has 74 heavy (non-hydrogen) atoms. The van der Waals surface area contributed by atoms with Gasteiger partial charge in [-0.05, 0) is 117 Å². The standard InChI is InChI=1S/C58H65N3O11S2/c1-8-60-45-28-26-41-43(30-36(2)31-49(41)74(68,69)70)54(45)57(3,4)50(60)20-14-10-15-21-51-58(5,6)53-42-34-40(73(65,66)67)25-23-38(42)24-27-46(53)61(51)29-17-11-16-22-52(62)71-35-44(37-18-12-9-13-19-37)56(64)72-39-32-47-55(63)48(33-39)59(47)7/h9-10,12-15,18-21,23-28,30-31,34,39,44,47-48,55,63H,8,11,16-17,22,29,32-33,35H2,1-7H3,(H-,65,66,67,68,69,70)/p+1/t39?,44-,47+,48?,55?/m1/s1. The summed E-state index contributed by atoms with van der Waals surface area (Å²) in [6.07, 6.45) is 12.6. The number of ether oxygens (including phenoxy) is 2. The molecule has 0 amide bonds. The van der Waals surface area contributed by atoms with Crippen LogP contribution in [-0.4, -0.2) is 109 Å². The van der Waals surface area contributed by atoms with Gasteiger partial charge in [-0.3, -0.25) is 23.6 Å². The number of hydrogen-bond acceptors (Lipinski definition) is 11. The van der Waals surface area contributed by atoms with Gasteiger partial charge < -0.3 is 19.5 Å². The maximum Gasteiger partial charge on any atom is 0.317 e. The fourth-order valence-electron chi connectivity index (χ4n) is 12.1. The molecular formula is C58H66N3O11S2+. The van der Waals surface area contributed by atoms with Gasteiger partial charge in [0.15, 0.2) is 5.71 Å². The maximum absolute atomic E-state index is 13.6. The summed E-state index contributed by atoms with van der Waals surface area (Å²) in [5.74, 6) is -1.64. The third-order valence-corrected chi connectivity index (χ3v) is 17.5. The fraction of sp³-hybridized carbons (Fsp3) is 0.397. The van der Waals surface area contributed by atoms with Gasteiger partial charge in [0.05, 0.1) is 16.4 Å². The highest BCUT2D eigenvalue weighted by Gasteiger charge is 2.52. The van der Waals surface area contributed by atoms with Gasteiger partial charge in [0.2, 0.25) is 5.69 Å². The van der Waals surface area contributed by atoms with Crippen molar-refractivity contribution in [1.29, 1.82) is 0 Å². The molecule has 0 spiro atoms. The number of esters is 2. The van der Waals surface area contributed by atoms with Crippen LogP contribution in [0.4, 0.5) is 11.4 Å². The largest absolute Gasteiger partial charge is 0.464 e. The molecule has 3 fully saturated rings. The van der Waals surface area contributed by atoms with Crippen molar-refractivity contribution in [3.63, 3.8) is 0 Å². The van der Waals surface area contributed by atoms with E-state index in [4.69, 9.17) is 9.47 Å². The Morgan fingerprint density at radius 1 is 0.811 bits per heavy atom. The number of fused-ring (bicyclic) bond motifs is 8. The lowest BCUT2D eigenvalue weighted by atomic mass is 9.76. The molecule has 5 aromatic carbocycles. The first kappa shape index (κ1) is 52.8. The Hall–Kier alpha value is -6.01. The lowest BCUT2D eigenvalue weighted by Gasteiger charge is -2.56. The predicted molar refractivity (Wildman–Crippen MR) is 287 cm³/mol. The van der Waals surface area contributed by atoms with Gasteiger partial charge in [-0.1, -0.05) is 80.6 Å². The highest BCUT2D eigenvalue weighted by Crippen LogP contribution is 2.52. The smallest absolute Gasteiger partial charge is 0.317 e. The molecule has 4 heterocycles. The number of rotatable bonds is 17. The van der Waals surface area contributed by atoms with Gasteiger partial charge in [-0.25, -0.2) is 0 Å². The van der Waals surface area contributed by atoms with Crippen LogP contribution >= 0.6 is 0 Å². The molecule has 5 aliphatic rings. The molecule has 3 N–H and O–H groups in total. The number of carbonyl (C=O) groups is 2. The van der Waals surface area contributed by atoms with E-state index in [0.29, 0.717) is 61.5 Å². The van der Waals surface area contributed by atoms with Crippen LogP contribution in [0.2, 0.25) is 0 Å². The lowest BCUT2D eigenvalue weighted by molar-refractivity contribution is -0.438. The second-order valence-electron chi connectivity index (χ2n) is 21.2. The van der Waals surface area contributed by atoms with Gasteiger partial charge in [0, 0.05) is 84.2 Å². The van der Waals surface area contributed by atoms with E-state index in [1.54, 1.807) is 12.1 Å². The Labute approximate surface area is 434 Å². The van der Waals surface area contributed by atoms with E-state index in [0.717, 1.165) is 50.2 Å². The van der Waals surface area contributed by atoms with Crippen molar-refractivity contribution in [2.24, 2.45) is 0 Å². The monoisotopic (exact) mass is 1040 g/mol. The number of piperidine rings is 1. The fourth-order valence-corrected chi connectivity index (χ4v) is 13.4. The van der Waals surface area contributed by atoms with Crippen LogP contribution in [0.15, 0.2) is 131 Å². The molecule has 2 bridgehead atoms. The number of unbranched alkanes of at least 4 members (excludes halogenated alkanes) is 2. The van der Waals surface area contributed by atoms with Crippen molar-refractivity contribution >= 4 is 70.8 Å². The van der Waals surface area contributed by atoms with Crippen molar-refractivity contribution in [3.05, 3.63) is 143 Å². The minimum atomic E-state index is -4.48. The number of carbonyl (C=O) groups excluding carboxylic acids is 2. The van der Waals surface area contributed by atoms with Crippen molar-refractivity contribution in [1.82, 2.24) is 4.90 Å². The number of aliphatic hydroxyl groups excluding tert-OH is 1. The second-order valence-corrected chi connectivity index (χ2v) is 24.0. The van der Waals surface area contributed by atoms with Crippen molar-refractivity contribution in [2.45, 2.75) is 131 Å². The van der Waals surface area contributed by atoms with Gasteiger partial charge in [-0.2, -0.15) is 21.4 Å². The van der Waals surface area contributed by atoms with Gasteiger partial charge in [-0.15, -0.1) is 0 Å². The summed E-state index contributed by atoms with van der Waals surface area (Å²) in [5, 5.41) is 13.1. The van der Waals surface area contributed by atoms with Gasteiger partial charge in [0.25, 0.3) is 20.2 Å². The van der Waals surface area contributed by atoms with E-state index >= 15 is 0 Å². The highest BCUT2D eigenvalue weighted by molar-refractivity contribution is 7.86. The highest BCUT2D eigenvalue weighted by atomic mass is 32.2. The van der Waals surface area contributed by atoms with E-state index in [1.165, 1.54) is 18.2 Å². The molecule has 1 saturated carbocycles. The summed E-state index contributed by atoms with van der Waals surface area (Å²) in [6, 6.07) is 24.9. The molecule has 16 heteroatoms. The van der Waals surface area contributed by atoms with E-state index in [-0.39, 0.29) is 41.0 Å². The van der Waals surface area contributed by atoms with E-state index in [2.05, 4.69) is 61.1 Å². The summed E-state index contributed by atoms with van der Waals surface area (Å²) in [5.41, 5.74) is 6.07. The molecule has 10 rings (SSSR count). The number of anilines is 1. The normalized spacial score (nSPS) is 22.2. The van der Waals surface area contributed by atoms with Crippen LogP contribution < -0.4 is 4.90 Å². The molecule has 5 atom stereocenters. The van der Waals surface area contributed by atoms with Crippen molar-refractivity contribution in [2.75, 3.05) is 31.6 Å². The average molecular weight is 1050 g/mol. The summed E-state index contributed by atoms with van der Waals surface area (Å²) in [7, 11) is -6.98. The number of nitrogens with zero attached hydrogens (tertiary/aromatic N) is 3. The molecule has 5 aromatic rings. The van der Waals surface area contributed by atoms with Crippen LogP contribution in [-0.2, 0) is 50.1 Å². The first-order valence-corrected chi connectivity index (χ1v) is 28.3. The summed E-state index contributed by atoms with van der Waals surface area (Å²) >= 11 is 0. The maximum atomic E-state index is 13.6. The molecule has 390 valence electrons. The molecule has 2 saturated heterocycles. The Morgan fingerprint density at radius 3 is 2.20 bits per heavy atom. The average Bonchev–Trinajstić information content (AvgIpc) is 3.71. The quantitative estimate of drug-likeness (QED) is 0.0263. The van der Waals surface area contributed by atoms with Crippen molar-refractivity contribution in [3.8, 4) is 0 Å². The van der Waals surface area contributed by atoms with E-state index < -0.39 is 55.0 Å². The van der Waals surface area contributed by atoms with Crippen molar-refractivity contribution < 1.29 is 54.7 Å². The third-order valence-electron chi connectivity index (χ3n) is 15.8. The number of likely N-dealkylation sites (N-methyl/N-ethyl adjacent to an activating group) is 2. The topological polar surface area (TPSA) is 191 Å². The summed E-state index contributed by atoms with van der Waals surface area (Å²) in [6.45, 7) is 13.4. The Morgan fingerprint density at radius 2 is 1.53 bits per heavy atom. The first-order chi connectivity index (χ1) is 35.0. The minimum absolute atomic E-state index is 0.0350. The molecule has 4 aliphatic heterocycles. The Kier molecular flexibility index (Phi) is 14.5. The van der Waals surface area contributed by atoms with E-state index in [1.807, 2.05) is 86.8 Å². The summed E-state index contributed by atoms with van der Waals surface area (Å²) in [4.78, 5) is 30.8. The summed E-state index contributed by atoms with van der Waals surface area (Å²) < 4.78 is 83.8. The second kappa shape index (κ2) is 20.3. The SMILES string of the molecule is CCN1C(=CC=CC=CC2=[N+](CCCCCC(=O)OC[C@@H](C(=O)OC3CC4C(O)[C@H](C3)N4C)c3ccccc3)c3ccc4ccc(S(=O)(=O)O)cc4c3C2(C)C)C(C)(C)c2c1ccc1c(S(=O)(=O)O)cc(C)cc21. The lowest BCUT2D eigenvalue weighted by Crippen LogP contribution is -2.71. The first-order valence-electron chi connectivity index (χ1n) is 25.4. The number of benzene rings is 5. The zero-order valence-electron chi connectivity index (χ0n) is 43.0. The van der Waals surface area contributed by atoms with Gasteiger partial charge in [0.1, 0.15) is 30.1 Å². The zero-order chi connectivity index (χ0) is 53.1. The van der Waals surface area contributed by atoms with Crippen LogP contribution in [0.1, 0.15) is 101 Å². The van der Waals surface area contributed by atoms with Crippen LogP contribution in [0, 0.1) is 6.92 Å². The molecule has 0 radical (unpaired) electrons. The van der Waals surface area contributed by atoms with Crippen LogP contribution in [0.25, 0.3) is 21.5 Å². The minimum Gasteiger partial charge on any atom is -0.464 e. The Bertz CT molecular complexity index is 3390. The Balaban J connectivity index is 0.917. The third kappa shape index (κ3) is 9.88. The zero-order valence-corrected chi connectivity index (χ0v) is 44.6. The number of hydrogen-bond donors (Lipinski definition) is 3. The van der Waals surface area contributed by atoms with E-state index in [9.17, 15) is 40.6 Å². The molecule has 1 aliphatic carbocycles. The molecular weight excluding hydrogens is 979 g/mol. The van der Waals surface area contributed by atoms with Crippen LogP contribution in [0.5, 0.6) is 0 Å². The number of aryl methyl sites for hydroxylation is 1. The van der Waals surface area contributed by atoms with Crippen LogP contribution in [0.3, 0.4) is 0 Å². The predicted octanol–water partition coefficient (Wildman–Crippen LogP) is 9.62. The number of allylic oxidation sites excluding steroid dienone is 6. The van der Waals surface area contributed by atoms with Gasteiger partial charge >= 0.3 is 11.9 Å². The molecule has 0 aromatic heterocycles. The molecule has 3 unspecified atom stereocenters.